The largest absolute Gasteiger partial charge is 0.497 e. The molecule has 0 spiro atoms. The van der Waals surface area contributed by atoms with Gasteiger partial charge in [0.1, 0.15) is 23.9 Å². The van der Waals surface area contributed by atoms with Crippen molar-refractivity contribution in [3.8, 4) is 17.2 Å². The van der Waals surface area contributed by atoms with E-state index in [1.54, 1.807) is 38.3 Å². The lowest BCUT2D eigenvalue weighted by molar-refractivity contribution is -0.123. The van der Waals surface area contributed by atoms with E-state index in [9.17, 15) is 4.79 Å². The summed E-state index contributed by atoms with van der Waals surface area (Å²) in [6.45, 7) is 2.00. The predicted molar refractivity (Wildman–Crippen MR) is 90.8 cm³/mol. The van der Waals surface area contributed by atoms with Crippen molar-refractivity contribution in [2.45, 2.75) is 19.6 Å². The molecule has 2 rings (SSSR count). The second-order valence-electron chi connectivity index (χ2n) is 4.88. The monoisotopic (exact) mass is 379 g/mol. The van der Waals surface area contributed by atoms with Gasteiger partial charge in [0.2, 0.25) is 0 Å². The minimum absolute atomic E-state index is 0.398. The van der Waals surface area contributed by atoms with Crippen molar-refractivity contribution >= 4 is 21.8 Å². The number of amides is 1. The van der Waals surface area contributed by atoms with Crippen LogP contribution in [0, 0.1) is 0 Å². The Morgan fingerprint density at radius 1 is 1.13 bits per heavy atom. The minimum atomic E-state index is -0.672. The van der Waals surface area contributed by atoms with Crippen molar-refractivity contribution in [2.75, 3.05) is 7.11 Å². The molecule has 0 saturated heterocycles. The molecule has 5 nitrogen and oxygen atoms in total. The highest BCUT2D eigenvalue weighted by Gasteiger charge is 2.10. The van der Waals surface area contributed by atoms with Crippen molar-refractivity contribution in [3.05, 3.63) is 52.5 Å². The molecule has 122 valence electrons. The molecule has 0 aliphatic heterocycles. The second-order valence-corrected chi connectivity index (χ2v) is 5.73. The molecule has 1 atom stereocenters. The molecule has 0 aromatic heterocycles. The molecule has 0 fully saturated rings. The van der Waals surface area contributed by atoms with Crippen LogP contribution in [0.5, 0.6) is 17.2 Å². The number of ether oxygens (including phenoxy) is 3. The van der Waals surface area contributed by atoms with Crippen molar-refractivity contribution < 1.29 is 19.0 Å². The van der Waals surface area contributed by atoms with E-state index in [2.05, 4.69) is 15.9 Å². The molecular weight excluding hydrogens is 362 g/mol. The highest BCUT2D eigenvalue weighted by Crippen LogP contribution is 2.25. The van der Waals surface area contributed by atoms with E-state index < -0.39 is 12.0 Å². The molecule has 2 N–H and O–H groups in total. The summed E-state index contributed by atoms with van der Waals surface area (Å²) in [5.74, 6) is 1.52. The molecule has 2 aromatic carbocycles. The Morgan fingerprint density at radius 3 is 2.35 bits per heavy atom. The fourth-order valence-corrected chi connectivity index (χ4v) is 2.19. The number of benzene rings is 2. The Bertz CT molecular complexity index is 673. The maximum Gasteiger partial charge on any atom is 0.258 e. The summed E-state index contributed by atoms with van der Waals surface area (Å²) >= 11 is 3.49. The Balaban J connectivity index is 1.97. The zero-order valence-corrected chi connectivity index (χ0v) is 14.5. The van der Waals surface area contributed by atoms with Gasteiger partial charge in [-0.25, -0.2) is 0 Å². The van der Waals surface area contributed by atoms with Crippen molar-refractivity contribution in [1.82, 2.24) is 0 Å². The lowest BCUT2D eigenvalue weighted by Gasteiger charge is -2.12. The summed E-state index contributed by atoms with van der Waals surface area (Å²) < 4.78 is 17.3. The Labute approximate surface area is 143 Å². The van der Waals surface area contributed by atoms with Gasteiger partial charge >= 0.3 is 0 Å². The van der Waals surface area contributed by atoms with Gasteiger partial charge in [-0.3, -0.25) is 4.79 Å². The van der Waals surface area contributed by atoms with Crippen LogP contribution >= 0.6 is 15.9 Å². The molecule has 2 aromatic rings. The molecule has 1 unspecified atom stereocenters. The lowest BCUT2D eigenvalue weighted by atomic mass is 10.2. The van der Waals surface area contributed by atoms with Gasteiger partial charge in [-0.1, -0.05) is 15.9 Å². The van der Waals surface area contributed by atoms with Crippen LogP contribution in [0.1, 0.15) is 12.5 Å². The average molecular weight is 380 g/mol. The number of methoxy groups -OCH3 is 1. The molecular formula is C17H18BrNO4. The number of halogens is 1. The molecule has 0 aliphatic rings. The van der Waals surface area contributed by atoms with E-state index in [-0.39, 0.29) is 0 Å². The Morgan fingerprint density at radius 2 is 1.74 bits per heavy atom. The lowest BCUT2D eigenvalue weighted by Crippen LogP contribution is -2.30. The van der Waals surface area contributed by atoms with Gasteiger partial charge in [-0.2, -0.15) is 0 Å². The summed E-state index contributed by atoms with van der Waals surface area (Å²) in [5, 5.41) is 0. The molecule has 6 heteroatoms. The maximum atomic E-state index is 11.0. The summed E-state index contributed by atoms with van der Waals surface area (Å²) in [6, 6.07) is 12.7. The summed E-state index contributed by atoms with van der Waals surface area (Å²) in [4.78, 5) is 11.0. The predicted octanol–water partition coefficient (Wildman–Crippen LogP) is 3.29. The maximum absolute atomic E-state index is 11.0. The van der Waals surface area contributed by atoms with E-state index in [1.807, 2.05) is 18.2 Å². The summed E-state index contributed by atoms with van der Waals surface area (Å²) in [6.07, 6.45) is -0.672. The second kappa shape index (κ2) is 7.87. The third-order valence-corrected chi connectivity index (χ3v) is 3.96. The Kier molecular flexibility index (Phi) is 5.87. The topological polar surface area (TPSA) is 70.8 Å². The molecule has 0 heterocycles. The molecule has 0 aliphatic carbocycles. The van der Waals surface area contributed by atoms with Crippen LogP contribution in [0.25, 0.3) is 0 Å². The fraction of sp³-hybridized carbons (Fsp3) is 0.235. The van der Waals surface area contributed by atoms with Crippen LogP contribution in [-0.2, 0) is 11.4 Å². The summed E-state index contributed by atoms with van der Waals surface area (Å²) in [5.41, 5.74) is 6.14. The van der Waals surface area contributed by atoms with Crippen LogP contribution < -0.4 is 19.9 Å². The summed E-state index contributed by atoms with van der Waals surface area (Å²) in [7, 11) is 1.62. The van der Waals surface area contributed by atoms with E-state index >= 15 is 0 Å². The van der Waals surface area contributed by atoms with Crippen molar-refractivity contribution in [2.24, 2.45) is 5.73 Å². The number of carbonyl (C=O) groups excluding carboxylic acids is 1. The van der Waals surface area contributed by atoms with Gasteiger partial charge in [0.25, 0.3) is 5.91 Å². The molecule has 0 saturated carbocycles. The number of hydrogen-bond acceptors (Lipinski definition) is 4. The quantitative estimate of drug-likeness (QED) is 0.800. The number of nitrogens with two attached hydrogens (primary N) is 1. The molecule has 0 radical (unpaired) electrons. The first-order valence-electron chi connectivity index (χ1n) is 7.01. The van der Waals surface area contributed by atoms with E-state index in [4.69, 9.17) is 19.9 Å². The highest BCUT2D eigenvalue weighted by atomic mass is 79.9. The van der Waals surface area contributed by atoms with Gasteiger partial charge in [-0.15, -0.1) is 0 Å². The van der Waals surface area contributed by atoms with Crippen LogP contribution in [0.15, 0.2) is 46.9 Å². The molecule has 1 amide bonds. The fourth-order valence-electron chi connectivity index (χ4n) is 1.83. The zero-order chi connectivity index (χ0) is 16.8. The minimum Gasteiger partial charge on any atom is -0.497 e. The van der Waals surface area contributed by atoms with Gasteiger partial charge in [-0.05, 0) is 49.4 Å². The average Bonchev–Trinajstić information content (AvgIpc) is 2.55. The van der Waals surface area contributed by atoms with Crippen molar-refractivity contribution in [1.29, 1.82) is 0 Å². The van der Waals surface area contributed by atoms with E-state index in [0.717, 1.165) is 15.8 Å². The number of carbonyl (C=O) groups is 1. The normalized spacial score (nSPS) is 11.6. The van der Waals surface area contributed by atoms with Crippen LogP contribution in [0.2, 0.25) is 0 Å². The van der Waals surface area contributed by atoms with E-state index in [1.165, 1.54) is 0 Å². The third kappa shape index (κ3) is 4.89. The number of primary amides is 1. The van der Waals surface area contributed by atoms with Crippen LogP contribution in [0.3, 0.4) is 0 Å². The highest BCUT2D eigenvalue weighted by molar-refractivity contribution is 9.10. The Hall–Kier alpha value is -2.21. The first-order valence-corrected chi connectivity index (χ1v) is 7.80. The van der Waals surface area contributed by atoms with Gasteiger partial charge in [0.15, 0.2) is 6.10 Å². The molecule has 0 bridgehead atoms. The molecule has 23 heavy (non-hydrogen) atoms. The smallest absolute Gasteiger partial charge is 0.258 e. The third-order valence-electron chi connectivity index (χ3n) is 3.18. The number of rotatable bonds is 7. The van der Waals surface area contributed by atoms with Gasteiger partial charge in [0, 0.05) is 10.0 Å². The number of hydrogen-bond donors (Lipinski definition) is 1. The van der Waals surface area contributed by atoms with Crippen LogP contribution in [-0.4, -0.2) is 19.1 Å². The van der Waals surface area contributed by atoms with Crippen LogP contribution in [0.4, 0.5) is 0 Å². The van der Waals surface area contributed by atoms with E-state index in [0.29, 0.717) is 18.1 Å². The standard InChI is InChI=1S/C17H18BrNO4/c1-11(17(19)20)23-14-5-3-13(4-6-14)22-10-12-9-15(21-2)7-8-16(12)18/h3-9,11H,10H2,1-2H3,(H2,19,20). The van der Waals surface area contributed by atoms with Gasteiger partial charge in [0.05, 0.1) is 7.11 Å². The first-order chi connectivity index (χ1) is 11.0. The zero-order valence-electron chi connectivity index (χ0n) is 12.9. The van der Waals surface area contributed by atoms with Gasteiger partial charge < -0.3 is 19.9 Å². The van der Waals surface area contributed by atoms with Crippen molar-refractivity contribution in [3.63, 3.8) is 0 Å². The SMILES string of the molecule is COc1ccc(Br)c(COc2ccc(OC(C)C(N)=O)cc2)c1. The first kappa shape index (κ1) is 17.1.